The van der Waals surface area contributed by atoms with Gasteiger partial charge in [0.2, 0.25) is 0 Å². The van der Waals surface area contributed by atoms with Crippen LogP contribution in [-0.2, 0) is 4.74 Å². The number of esters is 1. The number of rotatable bonds is 6. The predicted octanol–water partition coefficient (Wildman–Crippen LogP) is 3.57. The summed E-state index contributed by atoms with van der Waals surface area (Å²) in [4.78, 5) is 29.5. The van der Waals surface area contributed by atoms with Crippen LogP contribution < -0.4 is 5.56 Å². The lowest BCUT2D eigenvalue weighted by Gasteiger charge is -2.13. The molecule has 0 atom stereocenters. The van der Waals surface area contributed by atoms with E-state index in [0.29, 0.717) is 40.2 Å². The van der Waals surface area contributed by atoms with Crippen molar-refractivity contribution in [3.8, 4) is 11.8 Å². The van der Waals surface area contributed by atoms with Crippen molar-refractivity contribution in [1.29, 1.82) is 5.26 Å². The van der Waals surface area contributed by atoms with Gasteiger partial charge < -0.3 is 4.74 Å². The highest BCUT2D eigenvalue weighted by molar-refractivity contribution is 7.99. The number of unbranched alkanes of at least 4 members (excludes halogenated alkanes) is 1. The molecule has 0 saturated carbocycles. The van der Waals surface area contributed by atoms with Gasteiger partial charge >= 0.3 is 5.97 Å². The number of hydrogen-bond donors (Lipinski definition) is 0. The predicted molar refractivity (Wildman–Crippen MR) is 104 cm³/mol. The molecule has 27 heavy (non-hydrogen) atoms. The first-order chi connectivity index (χ1) is 13.2. The molecular formula is C20H17N3O3S. The Morgan fingerprint density at radius 1 is 1.26 bits per heavy atom. The molecule has 0 unspecified atom stereocenters. The van der Waals surface area contributed by atoms with Gasteiger partial charge in [0, 0.05) is 12.2 Å². The van der Waals surface area contributed by atoms with Gasteiger partial charge in [0.25, 0.3) is 5.56 Å². The number of para-hydroxylation sites is 1. The zero-order valence-corrected chi connectivity index (χ0v) is 15.5. The molecule has 0 aliphatic rings. The maximum Gasteiger partial charge on any atom is 0.337 e. The zero-order valence-electron chi connectivity index (χ0n) is 14.7. The van der Waals surface area contributed by atoms with Gasteiger partial charge in [-0.1, -0.05) is 30.0 Å². The standard InChI is InChI=1S/C20H17N3O3S/c1-26-19(25)14-9-10-16-17(13-14)22-20(27-12-6-5-11-21)23(18(16)24)15-7-3-2-4-8-15/h2-4,7-10,13H,5-6,12H2,1H3. The van der Waals surface area contributed by atoms with Gasteiger partial charge in [0.1, 0.15) is 0 Å². The van der Waals surface area contributed by atoms with E-state index in [1.165, 1.54) is 18.9 Å². The number of ether oxygens (including phenoxy) is 1. The Morgan fingerprint density at radius 3 is 2.74 bits per heavy atom. The molecule has 6 nitrogen and oxygen atoms in total. The van der Waals surface area contributed by atoms with Crippen LogP contribution in [0.25, 0.3) is 16.6 Å². The molecule has 0 N–H and O–H groups in total. The summed E-state index contributed by atoms with van der Waals surface area (Å²) in [5.74, 6) is 0.184. The number of aromatic nitrogens is 2. The first-order valence-corrected chi connectivity index (χ1v) is 9.34. The molecule has 7 heteroatoms. The van der Waals surface area contributed by atoms with Gasteiger partial charge in [0.15, 0.2) is 5.16 Å². The highest BCUT2D eigenvalue weighted by Crippen LogP contribution is 2.23. The van der Waals surface area contributed by atoms with Crippen LogP contribution >= 0.6 is 11.8 Å². The summed E-state index contributed by atoms with van der Waals surface area (Å²) in [6.07, 6.45) is 1.15. The molecule has 0 saturated heterocycles. The molecule has 1 aromatic heterocycles. The number of fused-ring (bicyclic) bond motifs is 1. The van der Waals surface area contributed by atoms with Crippen molar-refractivity contribution in [1.82, 2.24) is 9.55 Å². The second kappa shape index (κ2) is 8.52. The van der Waals surface area contributed by atoms with Crippen LogP contribution in [-0.4, -0.2) is 28.4 Å². The van der Waals surface area contributed by atoms with Gasteiger partial charge in [-0.3, -0.25) is 9.36 Å². The van der Waals surface area contributed by atoms with Crippen molar-refractivity contribution in [3.05, 3.63) is 64.4 Å². The van der Waals surface area contributed by atoms with E-state index in [2.05, 4.69) is 11.1 Å². The summed E-state index contributed by atoms with van der Waals surface area (Å²) in [6.45, 7) is 0. The Labute approximate surface area is 160 Å². The summed E-state index contributed by atoms with van der Waals surface area (Å²) in [6, 6.07) is 16.1. The Hall–Kier alpha value is -3.11. The van der Waals surface area contributed by atoms with Gasteiger partial charge in [-0.05, 0) is 36.8 Å². The Kier molecular flexibility index (Phi) is 5.89. The smallest absolute Gasteiger partial charge is 0.337 e. The van der Waals surface area contributed by atoms with E-state index in [-0.39, 0.29) is 5.56 Å². The molecule has 0 amide bonds. The number of thioether (sulfide) groups is 1. The molecule has 3 aromatic rings. The van der Waals surface area contributed by atoms with Crippen molar-refractivity contribution in [3.63, 3.8) is 0 Å². The average molecular weight is 379 g/mol. The lowest BCUT2D eigenvalue weighted by Crippen LogP contribution is -2.22. The van der Waals surface area contributed by atoms with Crippen molar-refractivity contribution in [2.45, 2.75) is 18.0 Å². The SMILES string of the molecule is COC(=O)c1ccc2c(=O)n(-c3ccccc3)c(SCCCC#N)nc2c1. The quantitative estimate of drug-likeness (QED) is 0.282. The monoisotopic (exact) mass is 379 g/mol. The lowest BCUT2D eigenvalue weighted by atomic mass is 10.1. The Morgan fingerprint density at radius 2 is 2.04 bits per heavy atom. The van der Waals surface area contributed by atoms with E-state index in [4.69, 9.17) is 10.00 Å². The number of nitriles is 1. The van der Waals surface area contributed by atoms with E-state index in [1.807, 2.05) is 30.3 Å². The second-order valence-electron chi connectivity index (χ2n) is 5.70. The minimum atomic E-state index is -0.478. The third-order valence-corrected chi connectivity index (χ3v) is 4.96. The number of nitrogens with zero attached hydrogens (tertiary/aromatic N) is 3. The van der Waals surface area contributed by atoms with E-state index in [0.717, 1.165) is 5.69 Å². The minimum Gasteiger partial charge on any atom is -0.465 e. The molecular weight excluding hydrogens is 362 g/mol. The fourth-order valence-electron chi connectivity index (χ4n) is 2.63. The summed E-state index contributed by atoms with van der Waals surface area (Å²) in [7, 11) is 1.31. The largest absolute Gasteiger partial charge is 0.465 e. The molecule has 0 aliphatic carbocycles. The average Bonchev–Trinajstić information content (AvgIpc) is 2.71. The molecule has 0 radical (unpaired) electrons. The number of hydrogen-bond acceptors (Lipinski definition) is 6. The number of carbonyl (C=O) groups is 1. The number of carbonyl (C=O) groups excluding carboxylic acids is 1. The van der Waals surface area contributed by atoms with Crippen LogP contribution in [0.4, 0.5) is 0 Å². The highest BCUT2D eigenvalue weighted by Gasteiger charge is 2.15. The van der Waals surface area contributed by atoms with Crippen molar-refractivity contribution < 1.29 is 9.53 Å². The summed E-state index contributed by atoms with van der Waals surface area (Å²) < 4.78 is 6.31. The second-order valence-corrected chi connectivity index (χ2v) is 6.77. The van der Waals surface area contributed by atoms with E-state index >= 15 is 0 Å². The summed E-state index contributed by atoms with van der Waals surface area (Å²) in [5.41, 5.74) is 1.30. The van der Waals surface area contributed by atoms with Crippen LogP contribution in [0, 0.1) is 11.3 Å². The van der Waals surface area contributed by atoms with Crippen LogP contribution in [0.5, 0.6) is 0 Å². The van der Waals surface area contributed by atoms with Crippen LogP contribution in [0.3, 0.4) is 0 Å². The van der Waals surface area contributed by atoms with Crippen LogP contribution in [0.1, 0.15) is 23.2 Å². The fourth-order valence-corrected chi connectivity index (χ4v) is 3.58. The molecule has 3 rings (SSSR count). The highest BCUT2D eigenvalue weighted by atomic mass is 32.2. The number of benzene rings is 2. The van der Waals surface area contributed by atoms with E-state index < -0.39 is 5.97 Å². The molecule has 1 heterocycles. The first-order valence-electron chi connectivity index (χ1n) is 8.36. The van der Waals surface area contributed by atoms with Crippen molar-refractivity contribution in [2.75, 3.05) is 12.9 Å². The zero-order chi connectivity index (χ0) is 19.2. The summed E-state index contributed by atoms with van der Waals surface area (Å²) >= 11 is 1.42. The van der Waals surface area contributed by atoms with Crippen LogP contribution in [0.2, 0.25) is 0 Å². The molecule has 0 bridgehead atoms. The van der Waals surface area contributed by atoms with Gasteiger partial charge in [-0.15, -0.1) is 0 Å². The molecule has 0 aliphatic heterocycles. The molecule has 0 spiro atoms. The lowest BCUT2D eigenvalue weighted by molar-refractivity contribution is 0.0601. The maximum atomic E-state index is 13.1. The van der Waals surface area contributed by atoms with Gasteiger partial charge in [-0.25, -0.2) is 9.78 Å². The Bertz CT molecular complexity index is 1070. The van der Waals surface area contributed by atoms with E-state index in [9.17, 15) is 9.59 Å². The van der Waals surface area contributed by atoms with E-state index in [1.54, 1.807) is 22.8 Å². The van der Waals surface area contributed by atoms with Crippen molar-refractivity contribution in [2.24, 2.45) is 0 Å². The van der Waals surface area contributed by atoms with Crippen molar-refractivity contribution >= 4 is 28.6 Å². The van der Waals surface area contributed by atoms with Gasteiger partial charge in [0.05, 0.1) is 35.3 Å². The third kappa shape index (κ3) is 4.01. The maximum absolute atomic E-state index is 13.1. The molecule has 0 fully saturated rings. The third-order valence-electron chi connectivity index (χ3n) is 3.94. The fraction of sp³-hybridized carbons (Fsp3) is 0.200. The molecule has 136 valence electrons. The normalized spacial score (nSPS) is 10.5. The summed E-state index contributed by atoms with van der Waals surface area (Å²) in [5, 5.41) is 9.66. The number of methoxy groups -OCH3 is 1. The minimum absolute atomic E-state index is 0.203. The Balaban J connectivity index is 2.15. The van der Waals surface area contributed by atoms with Gasteiger partial charge in [-0.2, -0.15) is 5.26 Å². The van der Waals surface area contributed by atoms with Crippen LogP contribution in [0.15, 0.2) is 58.5 Å². The first kappa shape index (κ1) is 18.7. The topological polar surface area (TPSA) is 85.0 Å². The molecule has 2 aromatic carbocycles.